The van der Waals surface area contributed by atoms with Gasteiger partial charge in [0.15, 0.2) is 11.5 Å². The fourth-order valence-electron chi connectivity index (χ4n) is 4.21. The molecule has 1 aromatic rings. The first kappa shape index (κ1) is 17.1. The number of rotatable bonds is 6. The average molecular weight is 346 g/mol. The van der Waals surface area contributed by atoms with Gasteiger partial charge in [0.25, 0.3) is 0 Å². The highest BCUT2D eigenvalue weighted by Gasteiger charge is 2.42. The third-order valence-corrected chi connectivity index (χ3v) is 5.79. The summed E-state index contributed by atoms with van der Waals surface area (Å²) in [7, 11) is 1.69. The Bertz CT molecular complexity index is 590. The standard InChI is InChI=1S/C20H30N2O3/c1-15-3-6-19(20(11-15)23-2)25-10-9-21-7-8-22-17(12-21)13-24-14-18(22)16-4-5-16/h3,6,11,16-18H,4-5,7-10,12-14H2,1-2H3/t17-,18-/m1/s1. The second-order valence-corrected chi connectivity index (χ2v) is 7.64. The van der Waals surface area contributed by atoms with E-state index in [1.807, 2.05) is 12.1 Å². The minimum absolute atomic E-state index is 0.557. The van der Waals surface area contributed by atoms with Crippen LogP contribution in [0.3, 0.4) is 0 Å². The van der Waals surface area contributed by atoms with E-state index in [2.05, 4.69) is 22.8 Å². The highest BCUT2D eigenvalue weighted by Crippen LogP contribution is 2.38. The largest absolute Gasteiger partial charge is 0.493 e. The van der Waals surface area contributed by atoms with E-state index < -0.39 is 0 Å². The summed E-state index contributed by atoms with van der Waals surface area (Å²) in [5.74, 6) is 2.55. The molecule has 5 heteroatoms. The molecule has 25 heavy (non-hydrogen) atoms. The lowest BCUT2D eigenvalue weighted by atomic mass is 10.0. The zero-order valence-corrected chi connectivity index (χ0v) is 15.4. The fraction of sp³-hybridized carbons (Fsp3) is 0.700. The number of aryl methyl sites for hydroxylation is 1. The number of morpholine rings is 1. The van der Waals surface area contributed by atoms with Crippen LogP contribution in [-0.4, -0.2) is 75.0 Å². The summed E-state index contributed by atoms with van der Waals surface area (Å²) in [5.41, 5.74) is 1.18. The van der Waals surface area contributed by atoms with Gasteiger partial charge in [-0.05, 0) is 43.4 Å². The molecular weight excluding hydrogens is 316 g/mol. The van der Waals surface area contributed by atoms with Gasteiger partial charge in [-0.25, -0.2) is 0 Å². The molecular formula is C20H30N2O3. The molecule has 1 saturated carbocycles. The number of benzene rings is 1. The highest BCUT2D eigenvalue weighted by atomic mass is 16.5. The van der Waals surface area contributed by atoms with Gasteiger partial charge < -0.3 is 14.2 Å². The van der Waals surface area contributed by atoms with Crippen molar-refractivity contribution in [3.05, 3.63) is 23.8 Å². The molecule has 0 amide bonds. The van der Waals surface area contributed by atoms with Crippen molar-refractivity contribution in [3.63, 3.8) is 0 Å². The predicted molar refractivity (Wildman–Crippen MR) is 97.5 cm³/mol. The molecule has 2 heterocycles. The van der Waals surface area contributed by atoms with Crippen LogP contribution in [0.5, 0.6) is 11.5 Å². The number of hydrogen-bond acceptors (Lipinski definition) is 5. The molecule has 2 atom stereocenters. The first-order valence-corrected chi connectivity index (χ1v) is 9.58. The lowest BCUT2D eigenvalue weighted by molar-refractivity contribution is -0.0876. The Morgan fingerprint density at radius 2 is 2.04 bits per heavy atom. The van der Waals surface area contributed by atoms with E-state index in [0.717, 1.165) is 50.3 Å². The molecule has 2 aliphatic heterocycles. The van der Waals surface area contributed by atoms with Gasteiger partial charge in [-0.1, -0.05) is 6.07 Å². The van der Waals surface area contributed by atoms with Crippen LogP contribution in [0.2, 0.25) is 0 Å². The first-order chi connectivity index (χ1) is 12.2. The van der Waals surface area contributed by atoms with E-state index in [1.165, 1.54) is 24.9 Å². The van der Waals surface area contributed by atoms with E-state index in [-0.39, 0.29) is 0 Å². The summed E-state index contributed by atoms with van der Waals surface area (Å²) in [6.45, 7) is 8.93. The number of hydrogen-bond donors (Lipinski definition) is 0. The summed E-state index contributed by atoms with van der Waals surface area (Å²) in [6.07, 6.45) is 2.79. The van der Waals surface area contributed by atoms with Gasteiger partial charge in [-0.15, -0.1) is 0 Å². The SMILES string of the molecule is COc1cc(C)ccc1OCCN1CCN2[C@@H](COC[C@@H]2C2CC2)C1. The average Bonchev–Trinajstić information content (AvgIpc) is 3.47. The summed E-state index contributed by atoms with van der Waals surface area (Å²) in [5, 5.41) is 0. The maximum atomic E-state index is 5.98. The van der Waals surface area contributed by atoms with Gasteiger partial charge in [0.1, 0.15) is 6.61 Å². The van der Waals surface area contributed by atoms with Crippen molar-refractivity contribution in [1.29, 1.82) is 0 Å². The molecule has 3 fully saturated rings. The molecule has 3 aliphatic rings. The summed E-state index contributed by atoms with van der Waals surface area (Å²) in [6, 6.07) is 7.32. The number of ether oxygens (including phenoxy) is 3. The minimum Gasteiger partial charge on any atom is -0.493 e. The van der Waals surface area contributed by atoms with E-state index in [9.17, 15) is 0 Å². The Kier molecular flexibility index (Phi) is 5.15. The van der Waals surface area contributed by atoms with Gasteiger partial charge in [-0.2, -0.15) is 0 Å². The highest BCUT2D eigenvalue weighted by molar-refractivity contribution is 5.42. The van der Waals surface area contributed by atoms with Crippen LogP contribution in [0, 0.1) is 12.8 Å². The molecule has 4 rings (SSSR count). The van der Waals surface area contributed by atoms with Gasteiger partial charge >= 0.3 is 0 Å². The van der Waals surface area contributed by atoms with Crippen molar-refractivity contribution in [1.82, 2.24) is 9.80 Å². The molecule has 1 aliphatic carbocycles. The molecule has 138 valence electrons. The lowest BCUT2D eigenvalue weighted by Gasteiger charge is -2.48. The van der Waals surface area contributed by atoms with Gasteiger partial charge in [0.2, 0.25) is 0 Å². The Morgan fingerprint density at radius 1 is 1.16 bits per heavy atom. The van der Waals surface area contributed by atoms with Crippen LogP contribution >= 0.6 is 0 Å². The smallest absolute Gasteiger partial charge is 0.161 e. The monoisotopic (exact) mass is 346 g/mol. The van der Waals surface area contributed by atoms with Crippen molar-refractivity contribution in [2.75, 3.05) is 53.1 Å². The van der Waals surface area contributed by atoms with Crippen molar-refractivity contribution in [2.45, 2.75) is 31.8 Å². The minimum atomic E-state index is 0.557. The summed E-state index contributed by atoms with van der Waals surface area (Å²) >= 11 is 0. The van der Waals surface area contributed by atoms with Crippen molar-refractivity contribution < 1.29 is 14.2 Å². The number of piperazine rings is 1. The topological polar surface area (TPSA) is 34.2 Å². The zero-order chi connectivity index (χ0) is 17.2. The Balaban J connectivity index is 1.27. The number of methoxy groups -OCH3 is 1. The van der Waals surface area contributed by atoms with Crippen LogP contribution in [0.15, 0.2) is 18.2 Å². The third-order valence-electron chi connectivity index (χ3n) is 5.79. The maximum absolute atomic E-state index is 5.98. The van der Waals surface area contributed by atoms with Crippen LogP contribution in [-0.2, 0) is 4.74 Å². The number of fused-ring (bicyclic) bond motifs is 1. The first-order valence-electron chi connectivity index (χ1n) is 9.58. The Labute approximate surface area is 150 Å². The molecule has 0 spiro atoms. The van der Waals surface area contributed by atoms with Crippen molar-refractivity contribution in [2.24, 2.45) is 5.92 Å². The maximum Gasteiger partial charge on any atom is 0.161 e. The van der Waals surface area contributed by atoms with Gasteiger partial charge in [0.05, 0.1) is 20.3 Å². The predicted octanol–water partition coefficient (Wildman–Crippen LogP) is 2.18. The molecule has 5 nitrogen and oxygen atoms in total. The van der Waals surface area contributed by atoms with E-state index in [1.54, 1.807) is 7.11 Å². The lowest BCUT2D eigenvalue weighted by Crippen LogP contribution is -2.62. The summed E-state index contributed by atoms with van der Waals surface area (Å²) in [4.78, 5) is 5.24. The normalized spacial score (nSPS) is 27.8. The third kappa shape index (κ3) is 3.94. The molecule has 0 unspecified atom stereocenters. The zero-order valence-electron chi connectivity index (χ0n) is 15.4. The van der Waals surface area contributed by atoms with Crippen LogP contribution < -0.4 is 9.47 Å². The molecule has 2 saturated heterocycles. The Morgan fingerprint density at radius 3 is 2.84 bits per heavy atom. The molecule has 0 N–H and O–H groups in total. The van der Waals surface area contributed by atoms with Crippen molar-refractivity contribution >= 4 is 0 Å². The second-order valence-electron chi connectivity index (χ2n) is 7.64. The van der Waals surface area contributed by atoms with E-state index in [4.69, 9.17) is 14.2 Å². The van der Waals surface area contributed by atoms with Crippen LogP contribution in [0.1, 0.15) is 18.4 Å². The number of nitrogens with zero attached hydrogens (tertiary/aromatic N) is 2. The second kappa shape index (κ2) is 7.52. The van der Waals surface area contributed by atoms with E-state index >= 15 is 0 Å². The van der Waals surface area contributed by atoms with Gasteiger partial charge in [-0.3, -0.25) is 9.80 Å². The van der Waals surface area contributed by atoms with Crippen molar-refractivity contribution in [3.8, 4) is 11.5 Å². The molecule has 0 aromatic heterocycles. The van der Waals surface area contributed by atoms with E-state index in [0.29, 0.717) is 18.7 Å². The quantitative estimate of drug-likeness (QED) is 0.789. The molecule has 0 radical (unpaired) electrons. The Hall–Kier alpha value is -1.30. The molecule has 1 aromatic carbocycles. The van der Waals surface area contributed by atoms with Crippen LogP contribution in [0.25, 0.3) is 0 Å². The van der Waals surface area contributed by atoms with Gasteiger partial charge in [0, 0.05) is 38.3 Å². The fourth-order valence-corrected chi connectivity index (χ4v) is 4.21. The summed E-state index contributed by atoms with van der Waals surface area (Å²) < 4.78 is 17.3. The molecule has 0 bridgehead atoms. The van der Waals surface area contributed by atoms with Crippen LogP contribution in [0.4, 0.5) is 0 Å².